The summed E-state index contributed by atoms with van der Waals surface area (Å²) < 4.78 is 6.06. The fourth-order valence-corrected chi connectivity index (χ4v) is 4.14. The first-order valence-electron chi connectivity index (χ1n) is 10.1. The Morgan fingerprint density at radius 2 is 2.17 bits per heavy atom. The standard InChI is InChI=1S/C22H25ClN4O2/c1-3-18-14(2)20(26-25-18)22(28)27-11-7-6-10-19(27)21-24-13-16(29-21)12-15-8-4-5-9-17(15)23/h4-5,8-9,13,19H,3,6-7,10-12H2,1-2H3,(H,25,26). The van der Waals surface area contributed by atoms with Crippen LogP contribution in [-0.2, 0) is 12.8 Å². The molecule has 2 aromatic heterocycles. The fraction of sp³-hybridized carbons (Fsp3) is 0.409. The van der Waals surface area contributed by atoms with Crippen LogP contribution in [0.15, 0.2) is 34.9 Å². The van der Waals surface area contributed by atoms with E-state index in [0.29, 0.717) is 29.6 Å². The van der Waals surface area contributed by atoms with E-state index in [1.807, 2.05) is 43.0 Å². The zero-order valence-electron chi connectivity index (χ0n) is 16.7. The Morgan fingerprint density at radius 3 is 2.93 bits per heavy atom. The van der Waals surface area contributed by atoms with Crippen LogP contribution in [0.1, 0.15) is 71.2 Å². The van der Waals surface area contributed by atoms with E-state index in [4.69, 9.17) is 16.0 Å². The SMILES string of the molecule is CCc1[nH]nc(C(=O)N2CCCCC2c2ncc(Cc3ccccc3Cl)o2)c1C. The molecule has 1 unspecified atom stereocenters. The number of aromatic nitrogens is 3. The lowest BCUT2D eigenvalue weighted by Gasteiger charge is -2.33. The minimum Gasteiger partial charge on any atom is -0.443 e. The quantitative estimate of drug-likeness (QED) is 0.648. The number of nitrogens with zero attached hydrogens (tertiary/aromatic N) is 3. The van der Waals surface area contributed by atoms with Crippen molar-refractivity contribution >= 4 is 17.5 Å². The molecule has 3 aromatic rings. The average molecular weight is 413 g/mol. The van der Waals surface area contributed by atoms with Crippen LogP contribution in [0, 0.1) is 6.92 Å². The van der Waals surface area contributed by atoms with Crippen molar-refractivity contribution in [1.29, 1.82) is 0 Å². The van der Waals surface area contributed by atoms with Gasteiger partial charge in [0.1, 0.15) is 11.8 Å². The highest BCUT2D eigenvalue weighted by molar-refractivity contribution is 6.31. The van der Waals surface area contributed by atoms with E-state index in [9.17, 15) is 4.79 Å². The maximum absolute atomic E-state index is 13.2. The molecule has 152 valence electrons. The molecule has 1 N–H and O–H groups in total. The third-order valence-corrected chi connectivity index (χ3v) is 5.98. The number of oxazole rings is 1. The molecular formula is C22H25ClN4O2. The van der Waals surface area contributed by atoms with Gasteiger partial charge in [0.05, 0.1) is 6.20 Å². The Labute approximate surface area is 175 Å². The van der Waals surface area contributed by atoms with Gasteiger partial charge < -0.3 is 9.32 Å². The van der Waals surface area contributed by atoms with Crippen molar-refractivity contribution in [1.82, 2.24) is 20.1 Å². The summed E-state index contributed by atoms with van der Waals surface area (Å²) in [6.45, 7) is 4.67. The van der Waals surface area contributed by atoms with Gasteiger partial charge in [-0.2, -0.15) is 5.10 Å². The third kappa shape index (κ3) is 3.94. The van der Waals surface area contributed by atoms with Gasteiger partial charge in [0.15, 0.2) is 5.69 Å². The van der Waals surface area contributed by atoms with E-state index < -0.39 is 0 Å². The predicted molar refractivity (Wildman–Crippen MR) is 111 cm³/mol. The topological polar surface area (TPSA) is 75.0 Å². The number of halogens is 1. The van der Waals surface area contributed by atoms with Crippen molar-refractivity contribution < 1.29 is 9.21 Å². The lowest BCUT2D eigenvalue weighted by Crippen LogP contribution is -2.39. The van der Waals surface area contributed by atoms with E-state index in [1.54, 1.807) is 6.20 Å². The number of hydrogen-bond donors (Lipinski definition) is 1. The van der Waals surface area contributed by atoms with Crippen molar-refractivity contribution in [3.8, 4) is 0 Å². The van der Waals surface area contributed by atoms with Crippen LogP contribution in [0.2, 0.25) is 5.02 Å². The van der Waals surface area contributed by atoms with Gasteiger partial charge in [0.2, 0.25) is 5.89 Å². The van der Waals surface area contributed by atoms with Crippen molar-refractivity contribution in [2.45, 2.75) is 52.0 Å². The molecule has 0 saturated carbocycles. The third-order valence-electron chi connectivity index (χ3n) is 5.61. The number of nitrogens with one attached hydrogen (secondary N) is 1. The number of carbonyl (C=O) groups excluding carboxylic acids is 1. The normalized spacial score (nSPS) is 16.9. The second-order valence-corrected chi connectivity index (χ2v) is 7.88. The van der Waals surface area contributed by atoms with Crippen LogP contribution in [0.5, 0.6) is 0 Å². The minimum atomic E-state index is -0.169. The van der Waals surface area contributed by atoms with Gasteiger partial charge in [0.25, 0.3) is 5.91 Å². The first-order chi connectivity index (χ1) is 14.1. The van der Waals surface area contributed by atoms with E-state index in [2.05, 4.69) is 15.2 Å². The van der Waals surface area contributed by atoms with Crippen molar-refractivity contribution in [3.05, 3.63) is 69.7 Å². The molecule has 29 heavy (non-hydrogen) atoms. The summed E-state index contributed by atoms with van der Waals surface area (Å²) in [6, 6.07) is 7.54. The smallest absolute Gasteiger partial charge is 0.275 e. The number of aryl methyl sites for hydroxylation is 1. The lowest BCUT2D eigenvalue weighted by molar-refractivity contribution is 0.0563. The van der Waals surface area contributed by atoms with Crippen LogP contribution in [0.25, 0.3) is 0 Å². The van der Waals surface area contributed by atoms with Crippen molar-refractivity contribution in [2.24, 2.45) is 0 Å². The summed E-state index contributed by atoms with van der Waals surface area (Å²) in [5.41, 5.74) is 3.41. The zero-order valence-corrected chi connectivity index (χ0v) is 17.5. The number of benzene rings is 1. The summed E-state index contributed by atoms with van der Waals surface area (Å²) >= 11 is 6.27. The lowest BCUT2D eigenvalue weighted by atomic mass is 10.0. The molecule has 0 aliphatic carbocycles. The number of aromatic amines is 1. The molecule has 1 fully saturated rings. The highest BCUT2D eigenvalue weighted by Gasteiger charge is 2.34. The number of H-pyrrole nitrogens is 1. The molecule has 3 heterocycles. The van der Waals surface area contributed by atoms with Crippen LogP contribution in [0.3, 0.4) is 0 Å². The average Bonchev–Trinajstić information content (AvgIpc) is 3.35. The van der Waals surface area contributed by atoms with Gasteiger partial charge in [-0.3, -0.25) is 9.89 Å². The molecule has 1 saturated heterocycles. The van der Waals surface area contributed by atoms with Crippen LogP contribution < -0.4 is 0 Å². The molecule has 1 amide bonds. The van der Waals surface area contributed by atoms with Crippen LogP contribution in [-0.4, -0.2) is 32.5 Å². The Hall–Kier alpha value is -2.60. The summed E-state index contributed by atoms with van der Waals surface area (Å²) in [4.78, 5) is 19.6. The molecule has 4 rings (SSSR count). The van der Waals surface area contributed by atoms with Crippen molar-refractivity contribution in [2.75, 3.05) is 6.54 Å². The van der Waals surface area contributed by atoms with Gasteiger partial charge in [-0.15, -0.1) is 0 Å². The molecule has 0 radical (unpaired) electrons. The number of hydrogen-bond acceptors (Lipinski definition) is 4. The molecule has 0 spiro atoms. The number of carbonyl (C=O) groups is 1. The number of amides is 1. The Kier molecular flexibility index (Phi) is 5.72. The van der Waals surface area contributed by atoms with E-state index in [-0.39, 0.29) is 11.9 Å². The largest absolute Gasteiger partial charge is 0.443 e. The summed E-state index contributed by atoms with van der Waals surface area (Å²) in [5, 5.41) is 7.97. The Balaban J connectivity index is 1.56. The minimum absolute atomic E-state index is 0.0611. The van der Waals surface area contributed by atoms with E-state index in [0.717, 1.165) is 48.3 Å². The highest BCUT2D eigenvalue weighted by atomic mass is 35.5. The second kappa shape index (κ2) is 8.41. The van der Waals surface area contributed by atoms with Gasteiger partial charge in [0, 0.05) is 29.2 Å². The highest BCUT2D eigenvalue weighted by Crippen LogP contribution is 2.33. The molecular weight excluding hydrogens is 388 g/mol. The summed E-state index contributed by atoms with van der Waals surface area (Å²) in [7, 11) is 0. The molecule has 6 nitrogen and oxygen atoms in total. The van der Waals surface area contributed by atoms with Crippen LogP contribution >= 0.6 is 11.6 Å². The maximum Gasteiger partial charge on any atom is 0.275 e. The Bertz CT molecular complexity index is 1010. The Morgan fingerprint density at radius 1 is 1.34 bits per heavy atom. The van der Waals surface area contributed by atoms with Gasteiger partial charge in [-0.05, 0) is 44.2 Å². The van der Waals surface area contributed by atoms with E-state index in [1.165, 1.54) is 0 Å². The molecule has 7 heteroatoms. The molecule has 1 atom stereocenters. The van der Waals surface area contributed by atoms with E-state index >= 15 is 0 Å². The van der Waals surface area contributed by atoms with Gasteiger partial charge in [-0.1, -0.05) is 36.7 Å². The summed E-state index contributed by atoms with van der Waals surface area (Å²) in [5.74, 6) is 1.27. The number of rotatable bonds is 5. The van der Waals surface area contributed by atoms with Crippen LogP contribution in [0.4, 0.5) is 0 Å². The van der Waals surface area contributed by atoms with Crippen molar-refractivity contribution in [3.63, 3.8) is 0 Å². The fourth-order valence-electron chi connectivity index (χ4n) is 3.94. The predicted octanol–water partition coefficient (Wildman–Crippen LogP) is 4.88. The number of piperidine rings is 1. The van der Waals surface area contributed by atoms with Gasteiger partial charge >= 0.3 is 0 Å². The second-order valence-electron chi connectivity index (χ2n) is 7.47. The number of likely N-dealkylation sites (tertiary alicyclic amines) is 1. The zero-order chi connectivity index (χ0) is 20.4. The first-order valence-corrected chi connectivity index (χ1v) is 10.5. The monoisotopic (exact) mass is 412 g/mol. The molecule has 1 aromatic carbocycles. The molecule has 1 aliphatic heterocycles. The molecule has 1 aliphatic rings. The van der Waals surface area contributed by atoms with Gasteiger partial charge in [-0.25, -0.2) is 4.98 Å². The maximum atomic E-state index is 13.2. The molecule has 0 bridgehead atoms. The summed E-state index contributed by atoms with van der Waals surface area (Å²) in [6.07, 6.45) is 5.98. The first kappa shape index (κ1) is 19.7.